The number of nitrogens with one attached hydrogen (secondary N) is 1. The normalized spacial score (nSPS) is 17.7. The highest BCUT2D eigenvalue weighted by molar-refractivity contribution is 9.10. The van der Waals surface area contributed by atoms with Gasteiger partial charge in [0.15, 0.2) is 0 Å². The van der Waals surface area contributed by atoms with E-state index in [-0.39, 0.29) is 11.3 Å². The van der Waals surface area contributed by atoms with E-state index in [1.807, 2.05) is 24.3 Å². The van der Waals surface area contributed by atoms with Gasteiger partial charge in [-0.3, -0.25) is 4.79 Å². The van der Waals surface area contributed by atoms with Gasteiger partial charge in [0.05, 0.1) is 0 Å². The van der Waals surface area contributed by atoms with Crippen LogP contribution in [0.3, 0.4) is 0 Å². The van der Waals surface area contributed by atoms with Crippen molar-refractivity contribution in [2.45, 2.75) is 45.1 Å². The van der Waals surface area contributed by atoms with E-state index in [1.54, 1.807) is 0 Å². The largest absolute Gasteiger partial charge is 0.352 e. The van der Waals surface area contributed by atoms with E-state index in [9.17, 15) is 4.79 Å². The molecule has 1 fully saturated rings. The predicted molar refractivity (Wildman–Crippen MR) is 85.2 cm³/mol. The van der Waals surface area contributed by atoms with E-state index in [2.05, 4.69) is 21.2 Å². The van der Waals surface area contributed by atoms with Crippen molar-refractivity contribution >= 4 is 21.8 Å². The number of carbonyl (C=O) groups is 1. The van der Waals surface area contributed by atoms with Gasteiger partial charge in [-0.1, -0.05) is 47.3 Å². The highest BCUT2D eigenvalue weighted by Crippen LogP contribution is 2.38. The zero-order chi connectivity index (χ0) is 14.4. The second-order valence-electron chi connectivity index (χ2n) is 5.85. The van der Waals surface area contributed by atoms with Crippen LogP contribution in [-0.2, 0) is 11.3 Å². The quantitative estimate of drug-likeness (QED) is 0.864. The SMILES string of the molecule is NCC1(CC(=O)NCc2cccc(Br)c2)CCCCC1. The second kappa shape index (κ2) is 7.23. The molecule has 1 aliphatic carbocycles. The molecule has 3 N–H and O–H groups in total. The van der Waals surface area contributed by atoms with Crippen LogP contribution < -0.4 is 11.1 Å². The van der Waals surface area contributed by atoms with Crippen LogP contribution >= 0.6 is 15.9 Å². The highest BCUT2D eigenvalue weighted by Gasteiger charge is 2.32. The van der Waals surface area contributed by atoms with Gasteiger partial charge in [-0.05, 0) is 42.5 Å². The fourth-order valence-electron chi connectivity index (χ4n) is 3.01. The number of amides is 1. The summed E-state index contributed by atoms with van der Waals surface area (Å²) in [5, 5.41) is 3.02. The third-order valence-electron chi connectivity index (χ3n) is 4.26. The number of benzene rings is 1. The number of nitrogens with two attached hydrogens (primary N) is 1. The summed E-state index contributed by atoms with van der Waals surface area (Å²) in [4.78, 5) is 12.2. The summed E-state index contributed by atoms with van der Waals surface area (Å²) in [5.41, 5.74) is 7.08. The van der Waals surface area contributed by atoms with Gasteiger partial charge in [-0.25, -0.2) is 0 Å². The molecule has 1 aromatic rings. The number of halogens is 1. The maximum atomic E-state index is 12.2. The Kier molecular flexibility index (Phi) is 5.61. The lowest BCUT2D eigenvalue weighted by atomic mass is 9.71. The molecule has 2 rings (SSSR count). The van der Waals surface area contributed by atoms with Crippen LogP contribution in [0.1, 0.15) is 44.1 Å². The van der Waals surface area contributed by atoms with Gasteiger partial charge in [0, 0.05) is 17.4 Å². The van der Waals surface area contributed by atoms with Crippen molar-refractivity contribution in [3.05, 3.63) is 34.3 Å². The molecule has 0 radical (unpaired) electrons. The Labute approximate surface area is 129 Å². The Balaban J connectivity index is 1.85. The van der Waals surface area contributed by atoms with Crippen LogP contribution in [0.4, 0.5) is 0 Å². The fourth-order valence-corrected chi connectivity index (χ4v) is 3.45. The lowest BCUT2D eigenvalue weighted by molar-refractivity contribution is -0.124. The van der Waals surface area contributed by atoms with Crippen LogP contribution in [0.25, 0.3) is 0 Å². The standard InChI is InChI=1S/C16H23BrN2O/c17-14-6-4-5-13(9-14)11-19-15(20)10-16(12-18)7-2-1-3-8-16/h4-6,9H,1-3,7-8,10-12,18H2,(H,19,20). The van der Waals surface area contributed by atoms with Crippen LogP contribution in [-0.4, -0.2) is 12.5 Å². The summed E-state index contributed by atoms with van der Waals surface area (Å²) in [5.74, 6) is 0.123. The smallest absolute Gasteiger partial charge is 0.220 e. The second-order valence-corrected chi connectivity index (χ2v) is 6.76. The Morgan fingerprint density at radius 3 is 2.70 bits per heavy atom. The van der Waals surface area contributed by atoms with E-state index in [0.717, 1.165) is 22.9 Å². The van der Waals surface area contributed by atoms with Gasteiger partial charge in [0.2, 0.25) is 5.91 Å². The molecule has 3 nitrogen and oxygen atoms in total. The molecule has 0 aliphatic heterocycles. The molecule has 1 amide bonds. The van der Waals surface area contributed by atoms with Crippen molar-refractivity contribution in [3.8, 4) is 0 Å². The average molecular weight is 339 g/mol. The van der Waals surface area contributed by atoms with Gasteiger partial charge in [-0.2, -0.15) is 0 Å². The number of hydrogen-bond donors (Lipinski definition) is 2. The Hall–Kier alpha value is -0.870. The van der Waals surface area contributed by atoms with Crippen molar-refractivity contribution in [2.24, 2.45) is 11.1 Å². The molecule has 4 heteroatoms. The van der Waals surface area contributed by atoms with Gasteiger partial charge < -0.3 is 11.1 Å². The molecule has 0 aromatic heterocycles. The molecular weight excluding hydrogens is 316 g/mol. The van der Waals surface area contributed by atoms with E-state index in [0.29, 0.717) is 19.5 Å². The summed E-state index contributed by atoms with van der Waals surface area (Å²) in [6, 6.07) is 8.01. The molecule has 0 saturated heterocycles. The van der Waals surface area contributed by atoms with Gasteiger partial charge in [-0.15, -0.1) is 0 Å². The first kappa shape index (κ1) is 15.5. The van der Waals surface area contributed by atoms with Crippen molar-refractivity contribution in [2.75, 3.05) is 6.54 Å². The molecule has 20 heavy (non-hydrogen) atoms. The Bertz CT molecular complexity index is 456. The van der Waals surface area contributed by atoms with Crippen molar-refractivity contribution in [1.29, 1.82) is 0 Å². The molecule has 0 atom stereocenters. The summed E-state index contributed by atoms with van der Waals surface area (Å²) in [6.45, 7) is 1.20. The van der Waals surface area contributed by atoms with E-state index in [1.165, 1.54) is 19.3 Å². The van der Waals surface area contributed by atoms with E-state index < -0.39 is 0 Å². The molecule has 1 aliphatic rings. The highest BCUT2D eigenvalue weighted by atomic mass is 79.9. The number of hydrogen-bond acceptors (Lipinski definition) is 2. The minimum Gasteiger partial charge on any atom is -0.352 e. The molecule has 1 aromatic carbocycles. The lowest BCUT2D eigenvalue weighted by Gasteiger charge is -2.35. The average Bonchev–Trinajstić information content (AvgIpc) is 2.46. The zero-order valence-corrected chi connectivity index (χ0v) is 13.4. The third kappa shape index (κ3) is 4.32. The maximum Gasteiger partial charge on any atom is 0.220 e. The molecule has 0 unspecified atom stereocenters. The minimum atomic E-state index is 0.0413. The first-order chi connectivity index (χ1) is 9.63. The predicted octanol–water partition coefficient (Wildman–Crippen LogP) is 3.36. The Morgan fingerprint density at radius 1 is 1.30 bits per heavy atom. The first-order valence-electron chi connectivity index (χ1n) is 7.35. The van der Waals surface area contributed by atoms with Gasteiger partial charge in [0.25, 0.3) is 0 Å². The Morgan fingerprint density at radius 2 is 2.05 bits per heavy atom. The fraction of sp³-hybridized carbons (Fsp3) is 0.562. The molecule has 0 spiro atoms. The first-order valence-corrected chi connectivity index (χ1v) is 8.14. The van der Waals surface area contributed by atoms with Crippen molar-refractivity contribution in [1.82, 2.24) is 5.32 Å². The van der Waals surface area contributed by atoms with Crippen LogP contribution in [0, 0.1) is 5.41 Å². The molecule has 1 saturated carbocycles. The lowest BCUT2D eigenvalue weighted by Crippen LogP contribution is -2.38. The van der Waals surface area contributed by atoms with Crippen molar-refractivity contribution < 1.29 is 4.79 Å². The summed E-state index contributed by atoms with van der Waals surface area (Å²) in [7, 11) is 0. The maximum absolute atomic E-state index is 12.2. The van der Waals surface area contributed by atoms with E-state index >= 15 is 0 Å². The summed E-state index contributed by atoms with van der Waals surface area (Å²) < 4.78 is 1.04. The summed E-state index contributed by atoms with van der Waals surface area (Å²) in [6.07, 6.45) is 6.44. The monoisotopic (exact) mass is 338 g/mol. The molecule has 0 heterocycles. The van der Waals surface area contributed by atoms with E-state index in [4.69, 9.17) is 5.73 Å². The molecule has 110 valence electrons. The van der Waals surface area contributed by atoms with Crippen molar-refractivity contribution in [3.63, 3.8) is 0 Å². The minimum absolute atomic E-state index is 0.0413. The topological polar surface area (TPSA) is 55.1 Å². The van der Waals surface area contributed by atoms with Gasteiger partial charge >= 0.3 is 0 Å². The molecular formula is C16H23BrN2O. The van der Waals surface area contributed by atoms with Gasteiger partial charge in [0.1, 0.15) is 0 Å². The zero-order valence-electron chi connectivity index (χ0n) is 11.8. The number of carbonyl (C=O) groups excluding carboxylic acids is 1. The van der Waals surface area contributed by atoms with Crippen LogP contribution in [0.2, 0.25) is 0 Å². The summed E-state index contributed by atoms with van der Waals surface area (Å²) >= 11 is 3.44. The van der Waals surface area contributed by atoms with Crippen LogP contribution in [0.5, 0.6) is 0 Å². The third-order valence-corrected chi connectivity index (χ3v) is 4.75. The van der Waals surface area contributed by atoms with Crippen LogP contribution in [0.15, 0.2) is 28.7 Å². The molecule has 0 bridgehead atoms. The number of rotatable bonds is 5.